The van der Waals surface area contributed by atoms with Crippen molar-refractivity contribution in [3.63, 3.8) is 0 Å². The molecular formula is C32H36N8O. The molecule has 1 amide bonds. The van der Waals surface area contributed by atoms with Crippen LogP contribution in [0.2, 0.25) is 0 Å². The van der Waals surface area contributed by atoms with Crippen molar-refractivity contribution in [3.8, 4) is 17.1 Å². The molecule has 210 valence electrons. The molecule has 3 aliphatic rings. The van der Waals surface area contributed by atoms with Crippen LogP contribution in [0.15, 0.2) is 61.3 Å². The van der Waals surface area contributed by atoms with E-state index < -0.39 is 0 Å². The summed E-state index contributed by atoms with van der Waals surface area (Å²) in [7, 11) is 0. The minimum absolute atomic E-state index is 0.0312. The third kappa shape index (κ3) is 4.74. The maximum atomic E-state index is 12.0. The van der Waals surface area contributed by atoms with Crippen molar-refractivity contribution in [2.45, 2.75) is 50.6 Å². The van der Waals surface area contributed by atoms with Crippen LogP contribution >= 0.6 is 0 Å². The molecule has 0 spiro atoms. The van der Waals surface area contributed by atoms with Crippen molar-refractivity contribution < 1.29 is 4.79 Å². The number of nitrogens with two attached hydrogens (primary N) is 1. The van der Waals surface area contributed by atoms with Gasteiger partial charge < -0.3 is 20.9 Å². The maximum absolute atomic E-state index is 12.0. The highest BCUT2D eigenvalue weighted by Crippen LogP contribution is 2.37. The number of hydrogen-bond donors (Lipinski definition) is 2. The monoisotopic (exact) mass is 548 g/mol. The number of pyridine rings is 2. The Labute approximate surface area is 240 Å². The highest BCUT2D eigenvalue weighted by Gasteiger charge is 2.29. The zero-order valence-electron chi connectivity index (χ0n) is 23.3. The number of hydrogen-bond acceptors (Lipinski definition) is 7. The zero-order chi connectivity index (χ0) is 27.9. The van der Waals surface area contributed by atoms with E-state index >= 15 is 0 Å². The summed E-state index contributed by atoms with van der Waals surface area (Å²) >= 11 is 0. The van der Waals surface area contributed by atoms with Gasteiger partial charge in [-0.2, -0.15) is 0 Å². The van der Waals surface area contributed by atoms with Gasteiger partial charge in [-0.05, 0) is 92.1 Å². The van der Waals surface area contributed by atoms with Crippen molar-refractivity contribution in [2.75, 3.05) is 36.8 Å². The summed E-state index contributed by atoms with van der Waals surface area (Å²) in [6.07, 6.45) is 9.52. The molecule has 1 unspecified atom stereocenters. The van der Waals surface area contributed by atoms with Crippen molar-refractivity contribution >= 4 is 28.7 Å². The van der Waals surface area contributed by atoms with Gasteiger partial charge in [-0.3, -0.25) is 9.36 Å². The fourth-order valence-corrected chi connectivity index (χ4v) is 6.70. The topological polar surface area (TPSA) is 105 Å². The first-order chi connectivity index (χ1) is 20.1. The van der Waals surface area contributed by atoms with Crippen LogP contribution in [-0.4, -0.2) is 62.5 Å². The summed E-state index contributed by atoms with van der Waals surface area (Å²) in [5.41, 5.74) is 12.6. The normalized spacial score (nSPS) is 19.2. The van der Waals surface area contributed by atoms with Crippen molar-refractivity contribution in [2.24, 2.45) is 0 Å². The van der Waals surface area contributed by atoms with Crippen LogP contribution < -0.4 is 16.0 Å². The number of nitrogen functional groups attached to an aromatic ring is 1. The molecule has 9 heteroatoms. The fraction of sp³-hybridized carbons (Fsp3) is 0.375. The number of carbonyl (C=O) groups excluding carboxylic acids is 1. The van der Waals surface area contributed by atoms with Crippen LogP contribution in [0.5, 0.6) is 0 Å². The first-order valence-electron chi connectivity index (χ1n) is 14.7. The second-order valence-corrected chi connectivity index (χ2v) is 11.4. The first-order valence-corrected chi connectivity index (χ1v) is 14.7. The second kappa shape index (κ2) is 10.6. The number of benzene rings is 1. The van der Waals surface area contributed by atoms with Crippen molar-refractivity contribution in [1.29, 1.82) is 0 Å². The maximum Gasteiger partial charge on any atom is 0.245 e. The molecule has 0 saturated carbocycles. The number of nitrogens with one attached hydrogen (secondary N) is 1. The Morgan fingerprint density at radius 3 is 2.63 bits per heavy atom. The molecule has 2 fully saturated rings. The third-order valence-electron chi connectivity index (χ3n) is 8.88. The molecule has 0 bridgehead atoms. The van der Waals surface area contributed by atoms with Gasteiger partial charge >= 0.3 is 0 Å². The van der Waals surface area contributed by atoms with E-state index in [0.717, 1.165) is 85.9 Å². The van der Waals surface area contributed by atoms with E-state index in [1.54, 1.807) is 6.20 Å². The smallest absolute Gasteiger partial charge is 0.245 e. The Bertz CT molecular complexity index is 1610. The van der Waals surface area contributed by atoms with E-state index in [-0.39, 0.29) is 5.91 Å². The Kier molecular flexibility index (Phi) is 6.66. The fourth-order valence-electron chi connectivity index (χ4n) is 6.70. The molecule has 1 aromatic carbocycles. The second-order valence-electron chi connectivity index (χ2n) is 11.4. The number of amides is 1. The summed E-state index contributed by atoms with van der Waals surface area (Å²) < 4.78 is 2.15. The number of likely N-dealkylation sites (tertiary alicyclic amines) is 1. The quantitative estimate of drug-likeness (QED) is 0.344. The van der Waals surface area contributed by atoms with E-state index in [4.69, 9.17) is 15.7 Å². The Morgan fingerprint density at radius 1 is 1.02 bits per heavy atom. The Morgan fingerprint density at radius 2 is 1.85 bits per heavy atom. The number of rotatable bonds is 6. The number of carbonyl (C=O) groups is 1. The van der Waals surface area contributed by atoms with Gasteiger partial charge in [0.05, 0.1) is 5.56 Å². The van der Waals surface area contributed by atoms with Gasteiger partial charge in [-0.1, -0.05) is 12.6 Å². The molecule has 5 heterocycles. The molecule has 2 aliphatic heterocycles. The molecule has 9 nitrogen and oxygen atoms in total. The lowest BCUT2D eigenvalue weighted by molar-refractivity contribution is -0.127. The molecule has 2 saturated heterocycles. The van der Waals surface area contributed by atoms with Gasteiger partial charge in [0.15, 0.2) is 11.5 Å². The van der Waals surface area contributed by atoms with Gasteiger partial charge in [-0.15, -0.1) is 0 Å². The highest BCUT2D eigenvalue weighted by atomic mass is 16.2. The van der Waals surface area contributed by atoms with Gasteiger partial charge in [-0.25, -0.2) is 15.0 Å². The standard InChI is InChI=1S/C32H36N8O/c1-2-29(41)39-18-13-22(14-19-39)35-26-10-7-21-20-23(8-9-24(21)26)40-31(25-6-5-15-34-30(25)33)36-27-11-12-28(37-32(27)40)38-16-3-4-17-38/h2,5-6,8-9,11-12,15,20,22,26,35H,1,3-4,7,10,13-14,16-19H2,(H2,33,34). The van der Waals surface area contributed by atoms with Crippen LogP contribution in [0.3, 0.4) is 0 Å². The summed E-state index contributed by atoms with van der Waals surface area (Å²) in [6.45, 7) is 7.25. The van der Waals surface area contributed by atoms with Crippen molar-refractivity contribution in [3.05, 3.63) is 72.4 Å². The molecule has 4 aromatic rings. The van der Waals surface area contributed by atoms with E-state index in [9.17, 15) is 4.79 Å². The third-order valence-corrected chi connectivity index (χ3v) is 8.88. The summed E-state index contributed by atoms with van der Waals surface area (Å²) in [5, 5.41) is 3.89. The summed E-state index contributed by atoms with van der Waals surface area (Å²) in [6, 6.07) is 15.5. The summed E-state index contributed by atoms with van der Waals surface area (Å²) in [4.78, 5) is 30.7. The molecule has 1 atom stereocenters. The Balaban J connectivity index is 1.22. The predicted octanol–water partition coefficient (Wildman–Crippen LogP) is 4.42. The average Bonchev–Trinajstić information content (AvgIpc) is 3.76. The molecule has 1 aliphatic carbocycles. The van der Waals surface area contributed by atoms with E-state index in [1.165, 1.54) is 30.0 Å². The van der Waals surface area contributed by atoms with E-state index in [1.807, 2.05) is 17.0 Å². The van der Waals surface area contributed by atoms with E-state index in [0.29, 0.717) is 17.9 Å². The molecule has 0 radical (unpaired) electrons. The molecule has 7 rings (SSSR count). The molecule has 3 aromatic heterocycles. The SMILES string of the molecule is C=CC(=O)N1CCC(NC2CCc3cc(-n4c(-c5cccnc5N)nc5ccc(N6CCCC6)nc54)ccc32)CC1. The van der Waals surface area contributed by atoms with Crippen LogP contribution in [0.4, 0.5) is 11.6 Å². The minimum Gasteiger partial charge on any atom is -0.383 e. The van der Waals surface area contributed by atoms with Crippen LogP contribution in [0.25, 0.3) is 28.2 Å². The molecular weight excluding hydrogens is 512 g/mol. The van der Waals surface area contributed by atoms with Crippen LogP contribution in [0, 0.1) is 0 Å². The van der Waals surface area contributed by atoms with E-state index in [2.05, 4.69) is 56.7 Å². The van der Waals surface area contributed by atoms with Gasteiger partial charge in [0.25, 0.3) is 0 Å². The van der Waals surface area contributed by atoms with Crippen LogP contribution in [-0.2, 0) is 11.2 Å². The number of nitrogens with zero attached hydrogens (tertiary/aromatic N) is 6. The Hall–Kier alpha value is -4.24. The minimum atomic E-state index is 0.0312. The highest BCUT2D eigenvalue weighted by molar-refractivity contribution is 5.87. The number of aryl methyl sites for hydroxylation is 1. The average molecular weight is 549 g/mol. The molecule has 3 N–H and O–H groups in total. The first kappa shape index (κ1) is 25.7. The number of anilines is 2. The van der Waals surface area contributed by atoms with Gasteiger partial charge in [0.2, 0.25) is 5.91 Å². The number of fused-ring (bicyclic) bond motifs is 2. The van der Waals surface area contributed by atoms with Gasteiger partial charge in [0.1, 0.15) is 17.2 Å². The lowest BCUT2D eigenvalue weighted by Gasteiger charge is -2.33. The van der Waals surface area contributed by atoms with Gasteiger partial charge in [0, 0.05) is 50.1 Å². The number of imidazole rings is 1. The summed E-state index contributed by atoms with van der Waals surface area (Å²) in [5.74, 6) is 2.23. The molecule has 41 heavy (non-hydrogen) atoms. The largest absolute Gasteiger partial charge is 0.383 e. The lowest BCUT2D eigenvalue weighted by Crippen LogP contribution is -2.45. The number of aromatic nitrogens is 4. The lowest BCUT2D eigenvalue weighted by atomic mass is 10.0. The van der Waals surface area contributed by atoms with Crippen molar-refractivity contribution in [1.82, 2.24) is 29.7 Å². The predicted molar refractivity (Wildman–Crippen MR) is 162 cm³/mol. The van der Waals surface area contributed by atoms with Crippen LogP contribution in [0.1, 0.15) is 49.3 Å². The number of piperidine rings is 1. The zero-order valence-corrected chi connectivity index (χ0v) is 23.3.